The molecule has 2 aromatic rings. The molecule has 5 heteroatoms. The number of carbonyl (C=O) groups excluding carboxylic acids is 1. The normalized spacial score (nSPS) is 10.1. The molecule has 0 fully saturated rings. The molecule has 0 radical (unpaired) electrons. The van der Waals surface area contributed by atoms with Crippen LogP contribution in [0.1, 0.15) is 10.5 Å². The first-order chi connectivity index (χ1) is 7.72. The Morgan fingerprint density at radius 2 is 2.12 bits per heavy atom. The number of pyridine rings is 2. The number of halogens is 1. The van der Waals surface area contributed by atoms with Crippen molar-refractivity contribution in [3.8, 4) is 11.3 Å². The van der Waals surface area contributed by atoms with E-state index in [-0.39, 0.29) is 16.9 Å². The lowest BCUT2D eigenvalue weighted by molar-refractivity contribution is 0.112. The Hall–Kier alpha value is -2.30. The van der Waals surface area contributed by atoms with Crippen molar-refractivity contribution in [2.24, 2.45) is 0 Å². The summed E-state index contributed by atoms with van der Waals surface area (Å²) >= 11 is 0. The molecule has 0 spiro atoms. The van der Waals surface area contributed by atoms with Gasteiger partial charge in [-0.25, -0.2) is 9.37 Å². The zero-order valence-electron chi connectivity index (χ0n) is 8.22. The van der Waals surface area contributed by atoms with E-state index in [1.165, 1.54) is 18.3 Å². The molecule has 0 bridgehead atoms. The molecule has 0 aliphatic rings. The number of nitrogens with zero attached hydrogens (tertiary/aromatic N) is 2. The van der Waals surface area contributed by atoms with E-state index >= 15 is 0 Å². The predicted molar refractivity (Wildman–Crippen MR) is 57.2 cm³/mol. The van der Waals surface area contributed by atoms with Gasteiger partial charge in [-0.15, -0.1) is 0 Å². The fourth-order valence-electron chi connectivity index (χ4n) is 1.31. The summed E-state index contributed by atoms with van der Waals surface area (Å²) in [6.07, 6.45) is 3.09. The van der Waals surface area contributed by atoms with Crippen molar-refractivity contribution in [2.45, 2.75) is 0 Å². The van der Waals surface area contributed by atoms with Gasteiger partial charge in [-0.1, -0.05) is 0 Å². The highest BCUT2D eigenvalue weighted by Crippen LogP contribution is 2.21. The van der Waals surface area contributed by atoms with E-state index in [0.29, 0.717) is 12.0 Å². The van der Waals surface area contributed by atoms with Gasteiger partial charge < -0.3 is 5.73 Å². The van der Waals surface area contributed by atoms with E-state index in [0.717, 1.165) is 6.20 Å². The second kappa shape index (κ2) is 4.06. The second-order valence-corrected chi connectivity index (χ2v) is 3.14. The largest absolute Gasteiger partial charge is 0.397 e. The molecular weight excluding hydrogens is 209 g/mol. The molecular formula is C11H8FN3O. The summed E-state index contributed by atoms with van der Waals surface area (Å²) in [4.78, 5) is 18.2. The van der Waals surface area contributed by atoms with Crippen LogP contribution in [0.25, 0.3) is 11.3 Å². The van der Waals surface area contributed by atoms with Crippen molar-refractivity contribution in [2.75, 3.05) is 5.73 Å². The van der Waals surface area contributed by atoms with Crippen LogP contribution < -0.4 is 5.73 Å². The van der Waals surface area contributed by atoms with Gasteiger partial charge in [0.05, 0.1) is 17.6 Å². The maximum absolute atomic E-state index is 13.4. The van der Waals surface area contributed by atoms with Crippen LogP contribution in [0.4, 0.5) is 10.1 Å². The average Bonchev–Trinajstić information content (AvgIpc) is 2.31. The van der Waals surface area contributed by atoms with Crippen molar-refractivity contribution in [3.05, 3.63) is 42.1 Å². The summed E-state index contributed by atoms with van der Waals surface area (Å²) in [5.74, 6) is -0.489. The van der Waals surface area contributed by atoms with Gasteiger partial charge in [-0.2, -0.15) is 0 Å². The first-order valence-electron chi connectivity index (χ1n) is 4.54. The minimum absolute atomic E-state index is 0.105. The van der Waals surface area contributed by atoms with Gasteiger partial charge in [-0.3, -0.25) is 9.78 Å². The number of anilines is 1. The molecule has 0 aliphatic heterocycles. The third-order valence-corrected chi connectivity index (χ3v) is 2.12. The number of rotatable bonds is 2. The monoisotopic (exact) mass is 217 g/mol. The number of aldehydes is 1. The minimum Gasteiger partial charge on any atom is -0.397 e. The van der Waals surface area contributed by atoms with Crippen molar-refractivity contribution in [1.82, 2.24) is 9.97 Å². The second-order valence-electron chi connectivity index (χ2n) is 3.14. The molecule has 2 aromatic heterocycles. The summed E-state index contributed by atoms with van der Waals surface area (Å²) in [5.41, 5.74) is 6.54. The third kappa shape index (κ3) is 1.75. The lowest BCUT2D eigenvalue weighted by Gasteiger charge is -2.04. The molecule has 0 saturated heterocycles. The van der Waals surface area contributed by atoms with Gasteiger partial charge >= 0.3 is 0 Å². The predicted octanol–water partition coefficient (Wildman–Crippen LogP) is 1.68. The van der Waals surface area contributed by atoms with E-state index in [9.17, 15) is 9.18 Å². The van der Waals surface area contributed by atoms with Gasteiger partial charge in [0.1, 0.15) is 5.69 Å². The Balaban J connectivity index is 2.57. The van der Waals surface area contributed by atoms with Crippen LogP contribution in [0, 0.1) is 5.82 Å². The Morgan fingerprint density at radius 1 is 1.31 bits per heavy atom. The maximum Gasteiger partial charge on any atom is 0.170 e. The summed E-state index contributed by atoms with van der Waals surface area (Å²) in [7, 11) is 0. The highest BCUT2D eigenvalue weighted by Gasteiger charge is 2.08. The summed E-state index contributed by atoms with van der Waals surface area (Å²) < 4.78 is 13.4. The number of nitrogens with two attached hydrogens (primary N) is 1. The number of aromatic nitrogens is 2. The molecule has 0 aromatic carbocycles. The average molecular weight is 217 g/mol. The zero-order chi connectivity index (χ0) is 11.5. The quantitative estimate of drug-likeness (QED) is 0.777. The highest BCUT2D eigenvalue weighted by atomic mass is 19.1. The van der Waals surface area contributed by atoms with Gasteiger partial charge in [-0.05, 0) is 18.2 Å². The van der Waals surface area contributed by atoms with Crippen LogP contribution >= 0.6 is 0 Å². The number of nitrogen functional groups attached to an aromatic ring is 1. The Labute approximate surface area is 91.0 Å². The lowest BCUT2D eigenvalue weighted by atomic mass is 10.1. The van der Waals surface area contributed by atoms with Gasteiger partial charge in [0, 0.05) is 11.8 Å². The van der Waals surface area contributed by atoms with Crippen molar-refractivity contribution in [3.63, 3.8) is 0 Å². The lowest BCUT2D eigenvalue weighted by Crippen LogP contribution is -1.98. The molecule has 0 aliphatic carbocycles. The smallest absolute Gasteiger partial charge is 0.170 e. The van der Waals surface area contributed by atoms with Crippen molar-refractivity contribution < 1.29 is 9.18 Å². The van der Waals surface area contributed by atoms with E-state index < -0.39 is 5.82 Å². The zero-order valence-corrected chi connectivity index (χ0v) is 8.22. The fraction of sp³-hybridized carbons (Fsp3) is 0. The van der Waals surface area contributed by atoms with Gasteiger partial charge in [0.25, 0.3) is 0 Å². The molecule has 4 nitrogen and oxygen atoms in total. The summed E-state index contributed by atoms with van der Waals surface area (Å²) in [5, 5.41) is 0. The number of hydrogen-bond donors (Lipinski definition) is 1. The first kappa shape index (κ1) is 10.2. The molecule has 80 valence electrons. The molecule has 0 atom stereocenters. The summed E-state index contributed by atoms with van der Waals surface area (Å²) in [6, 6.07) is 4.56. The van der Waals surface area contributed by atoms with Crippen molar-refractivity contribution >= 4 is 12.0 Å². The topological polar surface area (TPSA) is 68.9 Å². The molecule has 2 heterocycles. The minimum atomic E-state index is -0.489. The van der Waals surface area contributed by atoms with Gasteiger partial charge in [0.2, 0.25) is 0 Å². The molecule has 0 amide bonds. The molecule has 2 N–H and O–H groups in total. The number of hydrogen-bond acceptors (Lipinski definition) is 4. The first-order valence-corrected chi connectivity index (χ1v) is 4.54. The van der Waals surface area contributed by atoms with Crippen LogP contribution in [-0.2, 0) is 0 Å². The maximum atomic E-state index is 13.4. The Kier molecular flexibility index (Phi) is 2.59. The molecule has 16 heavy (non-hydrogen) atoms. The molecule has 2 rings (SSSR count). The third-order valence-electron chi connectivity index (χ3n) is 2.12. The number of carbonyl (C=O) groups is 1. The Morgan fingerprint density at radius 3 is 2.81 bits per heavy atom. The molecule has 0 saturated carbocycles. The van der Waals surface area contributed by atoms with E-state index in [4.69, 9.17) is 5.73 Å². The summed E-state index contributed by atoms with van der Waals surface area (Å²) in [6.45, 7) is 0. The van der Waals surface area contributed by atoms with Crippen LogP contribution in [0.15, 0.2) is 30.6 Å². The van der Waals surface area contributed by atoms with E-state index in [2.05, 4.69) is 9.97 Å². The van der Waals surface area contributed by atoms with Crippen LogP contribution in [0.5, 0.6) is 0 Å². The van der Waals surface area contributed by atoms with Crippen LogP contribution in [-0.4, -0.2) is 16.3 Å². The highest BCUT2D eigenvalue weighted by molar-refractivity contribution is 5.81. The molecule has 0 unspecified atom stereocenters. The van der Waals surface area contributed by atoms with E-state index in [1.807, 2.05) is 0 Å². The standard InChI is InChI=1S/C11H8FN3O/c12-8-5-14-4-3-7(8)10-2-1-9(13)11(6-16)15-10/h1-6H,13H2. The van der Waals surface area contributed by atoms with Crippen LogP contribution in [0.2, 0.25) is 0 Å². The Bertz CT molecular complexity index is 543. The van der Waals surface area contributed by atoms with E-state index in [1.54, 1.807) is 6.07 Å². The van der Waals surface area contributed by atoms with Crippen LogP contribution in [0.3, 0.4) is 0 Å². The van der Waals surface area contributed by atoms with Crippen molar-refractivity contribution in [1.29, 1.82) is 0 Å². The SMILES string of the molecule is Nc1ccc(-c2ccncc2F)nc1C=O. The van der Waals surface area contributed by atoms with Gasteiger partial charge in [0.15, 0.2) is 12.1 Å². The fourth-order valence-corrected chi connectivity index (χ4v) is 1.31.